The van der Waals surface area contributed by atoms with Crippen molar-refractivity contribution in [3.05, 3.63) is 29.0 Å². The SMILES string of the molecule is CCC(CC)CC(=O)c1ncccc1Cl. The number of halogens is 1. The van der Waals surface area contributed by atoms with Crippen LogP contribution in [0.25, 0.3) is 0 Å². The third kappa shape index (κ3) is 3.31. The molecule has 0 N–H and O–H groups in total. The highest BCUT2D eigenvalue weighted by atomic mass is 35.5. The molecule has 0 amide bonds. The van der Waals surface area contributed by atoms with Crippen molar-refractivity contribution in [2.45, 2.75) is 33.1 Å². The van der Waals surface area contributed by atoms with E-state index in [2.05, 4.69) is 18.8 Å². The summed E-state index contributed by atoms with van der Waals surface area (Å²) < 4.78 is 0. The van der Waals surface area contributed by atoms with Gasteiger partial charge in [-0.15, -0.1) is 0 Å². The van der Waals surface area contributed by atoms with Crippen molar-refractivity contribution in [3.63, 3.8) is 0 Å². The van der Waals surface area contributed by atoms with E-state index < -0.39 is 0 Å². The molecule has 0 fully saturated rings. The molecule has 1 rings (SSSR count). The molecule has 0 aliphatic carbocycles. The lowest BCUT2D eigenvalue weighted by Gasteiger charge is -2.10. The van der Waals surface area contributed by atoms with E-state index in [0.717, 1.165) is 12.8 Å². The lowest BCUT2D eigenvalue weighted by atomic mass is 9.96. The van der Waals surface area contributed by atoms with E-state index in [1.165, 1.54) is 0 Å². The Hall–Kier alpha value is -0.890. The minimum Gasteiger partial charge on any atom is -0.292 e. The molecule has 0 bridgehead atoms. The molecular formula is C12H16ClNO. The molecule has 0 atom stereocenters. The second-order valence-corrected chi connectivity index (χ2v) is 4.05. The van der Waals surface area contributed by atoms with Crippen LogP contribution in [0, 0.1) is 5.92 Å². The van der Waals surface area contributed by atoms with Crippen molar-refractivity contribution < 1.29 is 4.79 Å². The molecule has 1 aromatic rings. The van der Waals surface area contributed by atoms with E-state index in [0.29, 0.717) is 23.1 Å². The molecule has 3 heteroatoms. The van der Waals surface area contributed by atoms with Gasteiger partial charge in [0.25, 0.3) is 0 Å². The van der Waals surface area contributed by atoms with Gasteiger partial charge in [0.2, 0.25) is 0 Å². The van der Waals surface area contributed by atoms with E-state index in [-0.39, 0.29) is 5.78 Å². The number of rotatable bonds is 5. The standard InChI is InChI=1S/C12H16ClNO/c1-3-9(4-2)8-11(15)12-10(13)6-5-7-14-12/h5-7,9H,3-4,8H2,1-2H3. The van der Waals surface area contributed by atoms with Crippen LogP contribution in [-0.2, 0) is 0 Å². The zero-order chi connectivity index (χ0) is 11.3. The fourth-order valence-corrected chi connectivity index (χ4v) is 1.75. The average molecular weight is 226 g/mol. The van der Waals surface area contributed by atoms with Gasteiger partial charge in [-0.05, 0) is 18.1 Å². The maximum Gasteiger partial charge on any atom is 0.182 e. The van der Waals surface area contributed by atoms with Crippen LogP contribution in [0.2, 0.25) is 5.02 Å². The lowest BCUT2D eigenvalue weighted by molar-refractivity contribution is 0.0954. The summed E-state index contributed by atoms with van der Waals surface area (Å²) >= 11 is 5.91. The summed E-state index contributed by atoms with van der Waals surface area (Å²) in [5.41, 5.74) is 0.408. The van der Waals surface area contributed by atoms with E-state index in [1.54, 1.807) is 18.3 Å². The highest BCUT2D eigenvalue weighted by Gasteiger charge is 2.15. The van der Waals surface area contributed by atoms with Crippen LogP contribution in [0.5, 0.6) is 0 Å². The molecule has 0 radical (unpaired) electrons. The topological polar surface area (TPSA) is 30.0 Å². The largest absolute Gasteiger partial charge is 0.292 e. The Morgan fingerprint density at radius 1 is 1.47 bits per heavy atom. The van der Waals surface area contributed by atoms with Crippen molar-refractivity contribution >= 4 is 17.4 Å². The van der Waals surface area contributed by atoms with E-state index >= 15 is 0 Å². The number of carbonyl (C=O) groups is 1. The third-order valence-electron chi connectivity index (χ3n) is 2.65. The molecule has 0 saturated heterocycles. The fraction of sp³-hybridized carbons (Fsp3) is 0.500. The van der Waals surface area contributed by atoms with Crippen LogP contribution in [0.3, 0.4) is 0 Å². The van der Waals surface area contributed by atoms with Gasteiger partial charge in [0.05, 0.1) is 5.02 Å². The van der Waals surface area contributed by atoms with Gasteiger partial charge in [-0.25, -0.2) is 0 Å². The molecule has 0 unspecified atom stereocenters. The van der Waals surface area contributed by atoms with Crippen LogP contribution in [0.4, 0.5) is 0 Å². The molecular weight excluding hydrogens is 210 g/mol. The van der Waals surface area contributed by atoms with Crippen molar-refractivity contribution in [1.29, 1.82) is 0 Å². The smallest absolute Gasteiger partial charge is 0.182 e. The quantitative estimate of drug-likeness (QED) is 0.715. The van der Waals surface area contributed by atoms with Crippen LogP contribution >= 0.6 is 11.6 Å². The van der Waals surface area contributed by atoms with E-state index in [9.17, 15) is 4.79 Å². The number of ketones is 1. The summed E-state index contributed by atoms with van der Waals surface area (Å²) in [4.78, 5) is 15.9. The molecule has 0 aromatic carbocycles. The minimum absolute atomic E-state index is 0.0503. The Bertz CT molecular complexity index is 334. The molecule has 0 aliphatic rings. The third-order valence-corrected chi connectivity index (χ3v) is 2.96. The van der Waals surface area contributed by atoms with Crippen molar-refractivity contribution in [3.8, 4) is 0 Å². The van der Waals surface area contributed by atoms with Crippen molar-refractivity contribution in [2.24, 2.45) is 5.92 Å². The van der Waals surface area contributed by atoms with Gasteiger partial charge in [0, 0.05) is 12.6 Å². The molecule has 1 aromatic heterocycles. The molecule has 1 heterocycles. The maximum atomic E-state index is 11.8. The Balaban J connectivity index is 2.73. The van der Waals surface area contributed by atoms with Gasteiger partial charge in [-0.3, -0.25) is 9.78 Å². The minimum atomic E-state index is 0.0503. The van der Waals surface area contributed by atoms with Crippen LogP contribution in [0.1, 0.15) is 43.6 Å². The highest BCUT2D eigenvalue weighted by Crippen LogP contribution is 2.19. The second kappa shape index (κ2) is 5.86. The first-order valence-corrected chi connectivity index (χ1v) is 5.70. The zero-order valence-corrected chi connectivity index (χ0v) is 9.92. The number of hydrogen-bond acceptors (Lipinski definition) is 2. The fourth-order valence-electron chi connectivity index (χ4n) is 1.53. The summed E-state index contributed by atoms with van der Waals surface area (Å²) in [6, 6.07) is 3.44. The van der Waals surface area contributed by atoms with Gasteiger partial charge in [0.1, 0.15) is 5.69 Å². The molecule has 0 spiro atoms. The number of aromatic nitrogens is 1. The van der Waals surface area contributed by atoms with Crippen molar-refractivity contribution in [2.75, 3.05) is 0 Å². The predicted octanol–water partition coefficient (Wildman–Crippen LogP) is 3.74. The van der Waals surface area contributed by atoms with Crippen LogP contribution in [0.15, 0.2) is 18.3 Å². The number of hydrogen-bond donors (Lipinski definition) is 0. The second-order valence-electron chi connectivity index (χ2n) is 3.64. The van der Waals surface area contributed by atoms with E-state index in [4.69, 9.17) is 11.6 Å². The van der Waals surface area contributed by atoms with Gasteiger partial charge >= 0.3 is 0 Å². The summed E-state index contributed by atoms with van der Waals surface area (Å²) in [6.45, 7) is 4.20. The van der Waals surface area contributed by atoms with Gasteiger partial charge < -0.3 is 0 Å². The van der Waals surface area contributed by atoms with E-state index in [1.807, 2.05) is 0 Å². The highest BCUT2D eigenvalue weighted by molar-refractivity contribution is 6.33. The molecule has 2 nitrogen and oxygen atoms in total. The number of carbonyl (C=O) groups excluding carboxylic acids is 1. The van der Waals surface area contributed by atoms with Crippen LogP contribution in [-0.4, -0.2) is 10.8 Å². The summed E-state index contributed by atoms with van der Waals surface area (Å²) in [5, 5.41) is 0.452. The Kier molecular flexibility index (Phi) is 4.76. The number of Topliss-reactive ketones (excluding diaryl/α,β-unsaturated/α-hetero) is 1. The maximum absolute atomic E-state index is 11.8. The monoisotopic (exact) mass is 225 g/mol. The predicted molar refractivity (Wildman–Crippen MR) is 62.3 cm³/mol. The molecule has 0 saturated carbocycles. The number of nitrogens with zero attached hydrogens (tertiary/aromatic N) is 1. The van der Waals surface area contributed by atoms with Crippen molar-refractivity contribution in [1.82, 2.24) is 4.98 Å². The summed E-state index contributed by atoms with van der Waals surface area (Å²) in [5.74, 6) is 0.491. The summed E-state index contributed by atoms with van der Waals surface area (Å²) in [7, 11) is 0. The first-order chi connectivity index (χ1) is 7.19. The van der Waals surface area contributed by atoms with Crippen LogP contribution < -0.4 is 0 Å². The van der Waals surface area contributed by atoms with Gasteiger partial charge in [-0.1, -0.05) is 38.3 Å². The lowest BCUT2D eigenvalue weighted by Crippen LogP contribution is -2.09. The van der Waals surface area contributed by atoms with Gasteiger partial charge in [0.15, 0.2) is 5.78 Å². The Morgan fingerprint density at radius 3 is 2.67 bits per heavy atom. The molecule has 15 heavy (non-hydrogen) atoms. The molecule has 0 aliphatic heterocycles. The number of pyridine rings is 1. The first-order valence-electron chi connectivity index (χ1n) is 5.32. The Morgan fingerprint density at radius 2 is 2.13 bits per heavy atom. The molecule has 82 valence electrons. The summed E-state index contributed by atoms with van der Waals surface area (Å²) in [6.07, 6.45) is 4.19. The van der Waals surface area contributed by atoms with Gasteiger partial charge in [-0.2, -0.15) is 0 Å². The first kappa shape index (κ1) is 12.2. The zero-order valence-electron chi connectivity index (χ0n) is 9.16. The Labute approximate surface area is 95.7 Å². The average Bonchev–Trinajstić information content (AvgIpc) is 2.26. The normalized spacial score (nSPS) is 10.7.